The number of hydrogen-bond acceptors (Lipinski definition) is 5. The Bertz CT molecular complexity index is 1680. The van der Waals surface area contributed by atoms with Crippen LogP contribution in [0, 0.1) is 11.8 Å². The molecule has 0 saturated heterocycles. The molecule has 1 atom stereocenters. The third kappa shape index (κ3) is 5.64. The van der Waals surface area contributed by atoms with Crippen molar-refractivity contribution in [1.29, 1.82) is 0 Å². The molecule has 196 valence electrons. The van der Waals surface area contributed by atoms with E-state index in [-0.39, 0.29) is 17.3 Å². The van der Waals surface area contributed by atoms with Crippen LogP contribution in [0.1, 0.15) is 33.9 Å². The molecule has 0 spiro atoms. The number of phenols is 2. The first-order chi connectivity index (χ1) is 19.4. The second-order valence-electron chi connectivity index (χ2n) is 9.26. The van der Waals surface area contributed by atoms with Crippen molar-refractivity contribution in [3.63, 3.8) is 0 Å². The monoisotopic (exact) mass is 526 g/mol. The molecule has 4 aromatic carbocycles. The van der Waals surface area contributed by atoms with Gasteiger partial charge in [0.2, 0.25) is 0 Å². The van der Waals surface area contributed by atoms with Crippen LogP contribution in [0.25, 0.3) is 16.7 Å². The Morgan fingerprint density at radius 3 is 1.98 bits per heavy atom. The van der Waals surface area contributed by atoms with Crippen LogP contribution in [0.5, 0.6) is 11.5 Å². The molecule has 0 saturated carbocycles. The molecule has 0 aliphatic heterocycles. The molecule has 1 aliphatic rings. The van der Waals surface area contributed by atoms with E-state index in [0.717, 1.165) is 27.8 Å². The van der Waals surface area contributed by atoms with E-state index < -0.39 is 12.7 Å². The summed E-state index contributed by atoms with van der Waals surface area (Å²) < 4.78 is 0. The van der Waals surface area contributed by atoms with Gasteiger partial charge in [0.1, 0.15) is 17.6 Å². The van der Waals surface area contributed by atoms with Crippen molar-refractivity contribution < 1.29 is 25.2 Å². The van der Waals surface area contributed by atoms with E-state index in [9.17, 15) is 25.2 Å². The number of ketones is 1. The van der Waals surface area contributed by atoms with E-state index in [4.69, 9.17) is 0 Å². The maximum atomic E-state index is 12.0. The Labute approximate surface area is 232 Å². The van der Waals surface area contributed by atoms with E-state index >= 15 is 0 Å². The van der Waals surface area contributed by atoms with Gasteiger partial charge in [0.15, 0.2) is 5.78 Å². The highest BCUT2D eigenvalue weighted by molar-refractivity contribution is 6.04. The molecule has 40 heavy (non-hydrogen) atoms. The van der Waals surface area contributed by atoms with Crippen molar-refractivity contribution >= 4 is 11.4 Å². The molecule has 5 nitrogen and oxygen atoms in total. The third-order valence-electron chi connectivity index (χ3n) is 6.60. The van der Waals surface area contributed by atoms with Crippen LogP contribution in [0.3, 0.4) is 0 Å². The van der Waals surface area contributed by atoms with Crippen molar-refractivity contribution in [2.24, 2.45) is 0 Å². The highest BCUT2D eigenvalue weighted by Gasteiger charge is 2.23. The number of carbonyl (C=O) groups excluding carboxylic acids is 1. The number of hydrogen-bond donors (Lipinski definition) is 4. The molecule has 4 aromatic rings. The summed E-state index contributed by atoms with van der Waals surface area (Å²) in [6, 6.07) is 26.7. The molecule has 0 heterocycles. The van der Waals surface area contributed by atoms with E-state index in [2.05, 4.69) is 11.8 Å². The zero-order valence-electron chi connectivity index (χ0n) is 21.5. The predicted molar refractivity (Wildman–Crippen MR) is 155 cm³/mol. The van der Waals surface area contributed by atoms with Gasteiger partial charge in [-0.15, -0.1) is 0 Å². The van der Waals surface area contributed by atoms with Gasteiger partial charge < -0.3 is 20.4 Å². The molecular formula is C35H26O5. The van der Waals surface area contributed by atoms with Crippen LogP contribution in [0.2, 0.25) is 0 Å². The lowest BCUT2D eigenvalue weighted by molar-refractivity contribution is -0.110. The molecule has 0 unspecified atom stereocenters. The molecule has 5 rings (SSSR count). The molecular weight excluding hydrogens is 500 g/mol. The quantitative estimate of drug-likeness (QED) is 0.251. The van der Waals surface area contributed by atoms with E-state index in [1.165, 1.54) is 12.2 Å². The lowest BCUT2D eigenvalue weighted by atomic mass is 9.81. The number of phenolic OH excluding ortho intramolecular Hbond substituents is 2. The van der Waals surface area contributed by atoms with Crippen LogP contribution in [0.15, 0.2) is 121 Å². The van der Waals surface area contributed by atoms with Gasteiger partial charge in [0, 0.05) is 16.7 Å². The fraction of sp³-hybridized carbons (Fsp3) is 0.0571. The lowest BCUT2D eigenvalue weighted by Gasteiger charge is -2.23. The summed E-state index contributed by atoms with van der Waals surface area (Å²) in [5.41, 5.74) is 6.28. The highest BCUT2D eigenvalue weighted by atomic mass is 16.3. The van der Waals surface area contributed by atoms with E-state index in [1.807, 2.05) is 36.4 Å². The summed E-state index contributed by atoms with van der Waals surface area (Å²) >= 11 is 0. The minimum absolute atomic E-state index is 0.109. The maximum absolute atomic E-state index is 12.0. The number of aliphatic hydroxyl groups excluding tert-OH is 2. The van der Waals surface area contributed by atoms with Gasteiger partial charge in [-0.3, -0.25) is 4.79 Å². The molecule has 0 fully saturated rings. The van der Waals surface area contributed by atoms with Crippen LogP contribution in [-0.4, -0.2) is 32.8 Å². The first-order valence-corrected chi connectivity index (χ1v) is 12.7. The lowest BCUT2D eigenvalue weighted by Crippen LogP contribution is -2.09. The highest BCUT2D eigenvalue weighted by Crippen LogP contribution is 2.41. The largest absolute Gasteiger partial charge is 0.508 e. The summed E-state index contributed by atoms with van der Waals surface area (Å²) in [6.07, 6.45) is 5.27. The fourth-order valence-corrected chi connectivity index (χ4v) is 4.63. The summed E-state index contributed by atoms with van der Waals surface area (Å²) in [6.45, 7) is -0.503. The van der Waals surface area contributed by atoms with Crippen molar-refractivity contribution in [3.05, 3.63) is 149 Å². The molecule has 5 heteroatoms. The number of carbonyl (C=O) groups is 1. The van der Waals surface area contributed by atoms with Gasteiger partial charge in [0.25, 0.3) is 0 Å². The van der Waals surface area contributed by atoms with Gasteiger partial charge in [-0.1, -0.05) is 78.6 Å². The summed E-state index contributed by atoms with van der Waals surface area (Å²) in [5.74, 6) is 6.50. The zero-order valence-corrected chi connectivity index (χ0v) is 21.5. The number of rotatable bonds is 5. The Morgan fingerprint density at radius 1 is 0.725 bits per heavy atom. The second-order valence-corrected chi connectivity index (χ2v) is 9.26. The topological polar surface area (TPSA) is 98.0 Å². The Morgan fingerprint density at radius 2 is 1.35 bits per heavy atom. The first-order valence-electron chi connectivity index (χ1n) is 12.7. The van der Waals surface area contributed by atoms with Crippen molar-refractivity contribution in [1.82, 2.24) is 0 Å². The Kier molecular flexibility index (Phi) is 7.75. The van der Waals surface area contributed by atoms with Crippen molar-refractivity contribution in [2.75, 3.05) is 6.61 Å². The fourth-order valence-electron chi connectivity index (χ4n) is 4.63. The van der Waals surface area contributed by atoms with Gasteiger partial charge in [-0.05, 0) is 82.0 Å². The minimum Gasteiger partial charge on any atom is -0.508 e. The Balaban J connectivity index is 1.91. The number of aromatic hydroxyl groups is 2. The van der Waals surface area contributed by atoms with Gasteiger partial charge in [-0.2, -0.15) is 0 Å². The Hall–Kier alpha value is -5.15. The van der Waals surface area contributed by atoms with Crippen LogP contribution in [-0.2, 0) is 4.79 Å². The zero-order chi connectivity index (χ0) is 28.1. The summed E-state index contributed by atoms with van der Waals surface area (Å²) in [7, 11) is 0. The summed E-state index contributed by atoms with van der Waals surface area (Å²) in [4.78, 5) is 12.0. The normalized spacial score (nSPS) is 13.1. The standard InChI is InChI=1S/C35H26O5/c36-22-33(40)31-21-20-30(24-4-2-1-3-5-24)35(32(31)19-8-23-6-13-27(37)14-7-23)34(25-9-15-28(38)16-10-25)26-11-17-29(39)18-12-26/h1-7,9-18,20-21,33,36-38,40H,22H2/t33-/m0/s1. The second kappa shape index (κ2) is 11.7. The minimum atomic E-state index is -1.20. The third-order valence-corrected chi connectivity index (χ3v) is 6.60. The average molecular weight is 527 g/mol. The molecule has 0 radical (unpaired) electrons. The van der Waals surface area contributed by atoms with Gasteiger partial charge in [0.05, 0.1) is 6.61 Å². The number of allylic oxidation sites excluding steroid dienone is 5. The molecule has 0 aromatic heterocycles. The summed E-state index contributed by atoms with van der Waals surface area (Å²) in [5, 5.41) is 40.6. The van der Waals surface area contributed by atoms with Crippen LogP contribution < -0.4 is 0 Å². The molecule has 0 amide bonds. The molecule has 0 bridgehead atoms. The maximum Gasteiger partial charge on any atom is 0.178 e. The van der Waals surface area contributed by atoms with Crippen molar-refractivity contribution in [2.45, 2.75) is 6.10 Å². The number of aliphatic hydroxyl groups is 2. The van der Waals surface area contributed by atoms with E-state index in [0.29, 0.717) is 22.3 Å². The predicted octanol–water partition coefficient (Wildman–Crippen LogP) is 5.69. The molecule has 1 aliphatic carbocycles. The van der Waals surface area contributed by atoms with Gasteiger partial charge >= 0.3 is 0 Å². The van der Waals surface area contributed by atoms with Crippen LogP contribution >= 0.6 is 0 Å². The van der Waals surface area contributed by atoms with Gasteiger partial charge in [-0.25, -0.2) is 0 Å². The first kappa shape index (κ1) is 26.5. The smallest absolute Gasteiger partial charge is 0.178 e. The average Bonchev–Trinajstić information content (AvgIpc) is 2.99. The van der Waals surface area contributed by atoms with Crippen LogP contribution in [0.4, 0.5) is 0 Å². The SMILES string of the molecule is O=C1C=CC(=C(c2ccc(O)cc2)c2c(-c3ccccc3)ccc([C@@H](O)CO)c2C#Cc2ccc(O)cc2)C=C1. The molecule has 4 N–H and O–H groups in total. The van der Waals surface area contributed by atoms with Crippen molar-refractivity contribution in [3.8, 4) is 34.5 Å². The number of benzene rings is 4. The van der Waals surface area contributed by atoms with E-state index in [1.54, 1.807) is 66.7 Å².